The summed E-state index contributed by atoms with van der Waals surface area (Å²) in [5.41, 5.74) is 1.87. The summed E-state index contributed by atoms with van der Waals surface area (Å²) in [5, 5.41) is 3.45. The number of rotatable bonds is 4. The maximum atomic E-state index is 12.8. The largest absolute Gasteiger partial charge is 0.379 e. The Hall–Kier alpha value is -2.55. The Morgan fingerprint density at radius 3 is 3.00 bits per heavy atom. The highest BCUT2D eigenvalue weighted by atomic mass is 32.1. The number of carbonyl (C=O) groups excluding carboxylic acids is 1. The van der Waals surface area contributed by atoms with Crippen molar-refractivity contribution in [1.29, 1.82) is 0 Å². The van der Waals surface area contributed by atoms with Gasteiger partial charge in [-0.2, -0.15) is 0 Å². The van der Waals surface area contributed by atoms with Crippen molar-refractivity contribution >= 4 is 33.1 Å². The number of pyridine rings is 2. The minimum atomic E-state index is -0.168. The molecular weight excluding hydrogens is 388 g/mol. The molecule has 1 atom stereocenters. The number of amides is 1. The molecule has 7 nitrogen and oxygen atoms in total. The van der Waals surface area contributed by atoms with Crippen LogP contribution in [0.15, 0.2) is 35.4 Å². The molecule has 1 aliphatic rings. The predicted molar refractivity (Wildman–Crippen MR) is 115 cm³/mol. The quantitative estimate of drug-likeness (QED) is 0.713. The van der Waals surface area contributed by atoms with Crippen LogP contribution in [0.2, 0.25) is 0 Å². The molecule has 1 fully saturated rings. The van der Waals surface area contributed by atoms with E-state index in [-0.39, 0.29) is 11.5 Å². The summed E-state index contributed by atoms with van der Waals surface area (Å²) < 4.78 is 8.11. The molecule has 1 amide bonds. The summed E-state index contributed by atoms with van der Waals surface area (Å²) in [4.78, 5) is 31.9. The third-order valence-electron chi connectivity index (χ3n) is 5.14. The van der Waals surface area contributed by atoms with Crippen LogP contribution in [0, 0.1) is 0 Å². The summed E-state index contributed by atoms with van der Waals surface area (Å²) >= 11 is 1.65. The number of fused-ring (bicyclic) bond motifs is 1. The van der Waals surface area contributed by atoms with Gasteiger partial charge >= 0.3 is 0 Å². The summed E-state index contributed by atoms with van der Waals surface area (Å²) in [6, 6.07) is 6.11. The lowest BCUT2D eigenvalue weighted by Crippen LogP contribution is -2.42. The van der Waals surface area contributed by atoms with Crippen LogP contribution in [0.3, 0.4) is 0 Å². The molecule has 1 N–H and O–H groups in total. The van der Waals surface area contributed by atoms with Crippen molar-refractivity contribution < 1.29 is 9.53 Å². The lowest BCUT2D eigenvalue weighted by Gasteiger charge is -2.32. The van der Waals surface area contributed by atoms with Crippen LogP contribution in [-0.4, -0.2) is 46.2 Å². The van der Waals surface area contributed by atoms with Gasteiger partial charge in [-0.1, -0.05) is 0 Å². The Labute approximate surface area is 172 Å². The first kappa shape index (κ1) is 19.8. The van der Waals surface area contributed by atoms with Crippen LogP contribution in [0.25, 0.3) is 21.2 Å². The maximum absolute atomic E-state index is 12.8. The molecular formula is C21H24N4O3S. The van der Waals surface area contributed by atoms with Crippen molar-refractivity contribution in [3.63, 3.8) is 0 Å². The van der Waals surface area contributed by atoms with Crippen molar-refractivity contribution in [1.82, 2.24) is 14.5 Å². The van der Waals surface area contributed by atoms with Gasteiger partial charge in [0, 0.05) is 60.6 Å². The molecule has 0 radical (unpaired) electrons. The zero-order valence-corrected chi connectivity index (χ0v) is 17.6. The third kappa shape index (κ3) is 4.10. The van der Waals surface area contributed by atoms with E-state index in [0.29, 0.717) is 11.9 Å². The molecule has 8 heteroatoms. The average molecular weight is 413 g/mol. The monoisotopic (exact) mass is 412 g/mol. The minimum Gasteiger partial charge on any atom is -0.379 e. The van der Waals surface area contributed by atoms with Gasteiger partial charge in [-0.05, 0) is 30.7 Å². The SMILES string of the molecule is CC(=O)Nc1cc(-c2cn(C)c(=O)c3cc(CN4CCOCC4C)sc23)ccn1. The van der Waals surface area contributed by atoms with E-state index >= 15 is 0 Å². The van der Waals surface area contributed by atoms with Crippen molar-refractivity contribution in [2.45, 2.75) is 26.4 Å². The van der Waals surface area contributed by atoms with E-state index in [9.17, 15) is 9.59 Å². The Bertz CT molecular complexity index is 1120. The number of anilines is 1. The molecule has 3 aromatic heterocycles. The van der Waals surface area contributed by atoms with E-state index in [1.807, 2.05) is 24.4 Å². The third-order valence-corrected chi connectivity index (χ3v) is 6.29. The first-order valence-corrected chi connectivity index (χ1v) is 10.4. The second-order valence-corrected chi connectivity index (χ2v) is 8.56. The van der Waals surface area contributed by atoms with Gasteiger partial charge in [-0.25, -0.2) is 4.98 Å². The Morgan fingerprint density at radius 1 is 1.41 bits per heavy atom. The number of hydrogen-bond donors (Lipinski definition) is 1. The number of hydrogen-bond acceptors (Lipinski definition) is 6. The van der Waals surface area contributed by atoms with E-state index in [1.165, 1.54) is 6.92 Å². The highest BCUT2D eigenvalue weighted by molar-refractivity contribution is 7.19. The van der Waals surface area contributed by atoms with E-state index in [4.69, 9.17) is 4.74 Å². The molecule has 0 saturated carbocycles. The highest BCUT2D eigenvalue weighted by Crippen LogP contribution is 2.34. The van der Waals surface area contributed by atoms with Crippen LogP contribution in [-0.2, 0) is 23.1 Å². The molecule has 152 valence electrons. The standard InChI is InChI=1S/C21H24N4O3S/c1-13-12-28-7-6-25(13)10-16-9-17-20(29-16)18(11-24(3)21(17)27)15-4-5-22-19(8-15)23-14(2)26/h4-5,8-9,11,13H,6-7,10,12H2,1-3H3,(H,22,23,26). The number of aromatic nitrogens is 2. The van der Waals surface area contributed by atoms with Gasteiger partial charge in [0.2, 0.25) is 5.91 Å². The smallest absolute Gasteiger partial charge is 0.259 e. The zero-order valence-electron chi connectivity index (χ0n) is 16.8. The minimum absolute atomic E-state index is 0.00239. The lowest BCUT2D eigenvalue weighted by molar-refractivity contribution is -0.114. The number of aryl methyl sites for hydroxylation is 1. The first-order valence-electron chi connectivity index (χ1n) is 9.60. The lowest BCUT2D eigenvalue weighted by atomic mass is 10.1. The Balaban J connectivity index is 1.77. The van der Waals surface area contributed by atoms with E-state index < -0.39 is 0 Å². The van der Waals surface area contributed by atoms with Crippen molar-refractivity contribution in [3.05, 3.63) is 45.8 Å². The highest BCUT2D eigenvalue weighted by Gasteiger charge is 2.21. The molecule has 0 bridgehead atoms. The number of morpholine rings is 1. The molecule has 4 rings (SSSR count). The predicted octanol–water partition coefficient (Wildman–Crippen LogP) is 2.84. The molecule has 4 heterocycles. The number of thiophene rings is 1. The average Bonchev–Trinajstić information content (AvgIpc) is 3.10. The normalized spacial score (nSPS) is 17.6. The summed E-state index contributed by atoms with van der Waals surface area (Å²) in [5.74, 6) is 0.328. The van der Waals surface area contributed by atoms with E-state index in [0.717, 1.165) is 52.4 Å². The second kappa shape index (κ2) is 8.06. The summed E-state index contributed by atoms with van der Waals surface area (Å²) in [6.07, 6.45) is 3.52. The molecule has 3 aromatic rings. The van der Waals surface area contributed by atoms with Crippen LogP contribution >= 0.6 is 11.3 Å². The van der Waals surface area contributed by atoms with Crippen molar-refractivity contribution in [3.8, 4) is 11.1 Å². The molecule has 1 aliphatic heterocycles. The topological polar surface area (TPSA) is 76.5 Å². The van der Waals surface area contributed by atoms with Gasteiger partial charge in [0.05, 0.1) is 18.6 Å². The number of ether oxygens (including phenoxy) is 1. The summed E-state index contributed by atoms with van der Waals surface area (Å²) in [6.45, 7) is 6.80. The molecule has 1 saturated heterocycles. The van der Waals surface area contributed by atoms with Crippen LogP contribution < -0.4 is 10.9 Å². The van der Waals surface area contributed by atoms with Crippen molar-refractivity contribution in [2.24, 2.45) is 7.05 Å². The Kier molecular flexibility index (Phi) is 5.49. The fourth-order valence-corrected chi connectivity index (χ4v) is 4.83. The van der Waals surface area contributed by atoms with E-state index in [2.05, 4.69) is 22.1 Å². The van der Waals surface area contributed by atoms with Gasteiger partial charge < -0.3 is 14.6 Å². The van der Waals surface area contributed by atoms with Crippen LogP contribution in [0.4, 0.5) is 5.82 Å². The van der Waals surface area contributed by atoms with Gasteiger partial charge in [0.1, 0.15) is 5.82 Å². The Morgan fingerprint density at radius 2 is 2.24 bits per heavy atom. The molecule has 0 aliphatic carbocycles. The second-order valence-electron chi connectivity index (χ2n) is 7.42. The molecule has 1 unspecified atom stereocenters. The first-order chi connectivity index (χ1) is 13.9. The van der Waals surface area contributed by atoms with Gasteiger partial charge in [0.25, 0.3) is 5.56 Å². The number of carbonyl (C=O) groups is 1. The van der Waals surface area contributed by atoms with Gasteiger partial charge in [-0.15, -0.1) is 11.3 Å². The van der Waals surface area contributed by atoms with Gasteiger partial charge in [0.15, 0.2) is 0 Å². The molecule has 29 heavy (non-hydrogen) atoms. The number of nitrogens with zero attached hydrogens (tertiary/aromatic N) is 3. The van der Waals surface area contributed by atoms with Crippen LogP contribution in [0.1, 0.15) is 18.7 Å². The van der Waals surface area contributed by atoms with Gasteiger partial charge in [-0.3, -0.25) is 14.5 Å². The summed E-state index contributed by atoms with van der Waals surface area (Å²) in [7, 11) is 1.77. The number of nitrogens with one attached hydrogen (secondary N) is 1. The molecule has 0 spiro atoms. The zero-order chi connectivity index (χ0) is 20.5. The fourth-order valence-electron chi connectivity index (χ4n) is 3.63. The van der Waals surface area contributed by atoms with E-state index in [1.54, 1.807) is 29.1 Å². The van der Waals surface area contributed by atoms with Crippen LogP contribution in [0.5, 0.6) is 0 Å². The van der Waals surface area contributed by atoms with Crippen molar-refractivity contribution in [2.75, 3.05) is 25.1 Å². The molecule has 0 aromatic carbocycles. The fraction of sp³-hybridized carbons (Fsp3) is 0.381. The maximum Gasteiger partial charge on any atom is 0.259 e.